The number of ether oxygens (including phenoxy) is 1. The fourth-order valence-electron chi connectivity index (χ4n) is 1.98. The van der Waals surface area contributed by atoms with Gasteiger partial charge in [-0.1, -0.05) is 26.0 Å². The summed E-state index contributed by atoms with van der Waals surface area (Å²) >= 11 is 0. The lowest BCUT2D eigenvalue weighted by Crippen LogP contribution is -2.23. The van der Waals surface area contributed by atoms with E-state index in [1.165, 1.54) is 0 Å². The van der Waals surface area contributed by atoms with E-state index in [9.17, 15) is 13.2 Å². The van der Waals surface area contributed by atoms with Crippen molar-refractivity contribution in [3.63, 3.8) is 0 Å². The third-order valence-electron chi connectivity index (χ3n) is 2.90. The minimum Gasteiger partial charge on any atom is -0.494 e. The van der Waals surface area contributed by atoms with Gasteiger partial charge in [0.05, 0.1) is 6.61 Å². The predicted octanol–water partition coefficient (Wildman–Crippen LogP) is 4.47. The van der Waals surface area contributed by atoms with E-state index in [1.807, 2.05) is 38.1 Å². The lowest BCUT2D eigenvalue weighted by Gasteiger charge is -2.20. The third kappa shape index (κ3) is 6.28. The van der Waals surface area contributed by atoms with Crippen LogP contribution in [0.4, 0.5) is 13.2 Å². The molecule has 1 N–H and O–H groups in total. The molecule has 5 heteroatoms. The second kappa shape index (κ2) is 8.15. The van der Waals surface area contributed by atoms with Crippen molar-refractivity contribution in [1.29, 1.82) is 0 Å². The van der Waals surface area contributed by atoms with Gasteiger partial charge in [0.2, 0.25) is 0 Å². The maximum Gasteiger partial charge on any atom is 0.389 e. The average molecular weight is 289 g/mol. The van der Waals surface area contributed by atoms with E-state index in [-0.39, 0.29) is 12.5 Å². The molecule has 1 unspecified atom stereocenters. The zero-order valence-electron chi connectivity index (χ0n) is 12.0. The van der Waals surface area contributed by atoms with Crippen LogP contribution in [-0.2, 0) is 0 Å². The Bertz CT molecular complexity index is 393. The molecule has 1 rings (SSSR count). The van der Waals surface area contributed by atoms with Gasteiger partial charge in [-0.2, -0.15) is 13.2 Å². The maximum absolute atomic E-state index is 12.4. The summed E-state index contributed by atoms with van der Waals surface area (Å²) in [7, 11) is 0. The molecule has 20 heavy (non-hydrogen) atoms. The number of nitrogens with one attached hydrogen (secondary N) is 1. The van der Waals surface area contributed by atoms with Gasteiger partial charge in [0.1, 0.15) is 5.75 Å². The molecule has 0 aliphatic rings. The topological polar surface area (TPSA) is 21.3 Å². The maximum atomic E-state index is 12.4. The van der Waals surface area contributed by atoms with Crippen molar-refractivity contribution >= 4 is 0 Å². The molecule has 0 amide bonds. The number of halogens is 3. The number of rotatable bonds is 8. The number of alkyl halides is 3. The molecule has 0 saturated carbocycles. The first-order chi connectivity index (χ1) is 9.46. The molecule has 1 atom stereocenters. The van der Waals surface area contributed by atoms with E-state index in [2.05, 4.69) is 5.32 Å². The predicted molar refractivity (Wildman–Crippen MR) is 73.9 cm³/mol. The van der Waals surface area contributed by atoms with Crippen LogP contribution in [0.15, 0.2) is 24.3 Å². The minimum atomic E-state index is -4.12. The van der Waals surface area contributed by atoms with Gasteiger partial charge in [-0.05, 0) is 37.1 Å². The summed E-state index contributed by atoms with van der Waals surface area (Å²) in [5, 5.41) is 3.10. The molecule has 0 spiro atoms. The minimum absolute atomic E-state index is 0.0363. The van der Waals surface area contributed by atoms with E-state index in [0.29, 0.717) is 18.9 Å². The van der Waals surface area contributed by atoms with Gasteiger partial charge < -0.3 is 10.1 Å². The second-order valence-electron chi connectivity index (χ2n) is 4.69. The Kier molecular flexibility index (Phi) is 6.85. The summed E-state index contributed by atoms with van der Waals surface area (Å²) in [5.41, 5.74) is 0.838. The zero-order valence-corrected chi connectivity index (χ0v) is 12.0. The van der Waals surface area contributed by atoms with Crippen LogP contribution in [-0.4, -0.2) is 19.3 Å². The summed E-state index contributed by atoms with van der Waals surface area (Å²) in [5.74, 6) is 0.708. The van der Waals surface area contributed by atoms with Gasteiger partial charge in [-0.15, -0.1) is 0 Å². The largest absolute Gasteiger partial charge is 0.494 e. The molecule has 1 aromatic rings. The molecular weight excluding hydrogens is 267 g/mol. The van der Waals surface area contributed by atoms with Gasteiger partial charge in [0, 0.05) is 12.5 Å². The van der Waals surface area contributed by atoms with Crippen LogP contribution in [0.2, 0.25) is 0 Å². The lowest BCUT2D eigenvalue weighted by atomic mass is 10.0. The molecule has 2 nitrogen and oxygen atoms in total. The van der Waals surface area contributed by atoms with E-state index >= 15 is 0 Å². The molecule has 0 heterocycles. The van der Waals surface area contributed by atoms with Crippen molar-refractivity contribution in [1.82, 2.24) is 5.32 Å². The molecule has 114 valence electrons. The normalized spacial score (nSPS) is 13.2. The van der Waals surface area contributed by atoms with Crippen molar-refractivity contribution in [3.8, 4) is 5.75 Å². The van der Waals surface area contributed by atoms with Crippen LogP contribution >= 0.6 is 0 Å². The molecule has 0 aliphatic carbocycles. The van der Waals surface area contributed by atoms with E-state index in [1.54, 1.807) is 0 Å². The Morgan fingerprint density at radius 2 is 2.00 bits per heavy atom. The highest BCUT2D eigenvalue weighted by Crippen LogP contribution is 2.29. The quantitative estimate of drug-likeness (QED) is 0.762. The van der Waals surface area contributed by atoms with Gasteiger partial charge in [-0.25, -0.2) is 0 Å². The van der Waals surface area contributed by atoms with E-state index in [0.717, 1.165) is 12.0 Å². The van der Waals surface area contributed by atoms with Crippen molar-refractivity contribution in [2.24, 2.45) is 0 Å². The van der Waals surface area contributed by atoms with Crippen LogP contribution in [0.5, 0.6) is 5.75 Å². The highest BCUT2D eigenvalue weighted by Gasteiger charge is 2.28. The average Bonchev–Trinajstić information content (AvgIpc) is 2.40. The fraction of sp³-hybridized carbons (Fsp3) is 0.600. The van der Waals surface area contributed by atoms with Crippen LogP contribution in [0.3, 0.4) is 0 Å². The molecule has 0 saturated heterocycles. The first-order valence-corrected chi connectivity index (χ1v) is 6.99. The van der Waals surface area contributed by atoms with Crippen molar-refractivity contribution in [2.45, 2.75) is 45.3 Å². The highest BCUT2D eigenvalue weighted by molar-refractivity contribution is 5.30. The van der Waals surface area contributed by atoms with Gasteiger partial charge in [0.25, 0.3) is 0 Å². The smallest absolute Gasteiger partial charge is 0.389 e. The lowest BCUT2D eigenvalue weighted by molar-refractivity contribution is -0.136. The number of hydrogen-bond acceptors (Lipinski definition) is 2. The molecule has 0 aromatic heterocycles. The fourth-order valence-corrected chi connectivity index (χ4v) is 1.98. The monoisotopic (exact) mass is 289 g/mol. The Hall–Kier alpha value is -1.23. The summed E-state index contributed by atoms with van der Waals surface area (Å²) in [6.07, 6.45) is -3.97. The third-order valence-corrected chi connectivity index (χ3v) is 2.90. The van der Waals surface area contributed by atoms with Crippen molar-refractivity contribution in [3.05, 3.63) is 29.8 Å². The van der Waals surface area contributed by atoms with Crippen molar-refractivity contribution < 1.29 is 17.9 Å². The second-order valence-corrected chi connectivity index (χ2v) is 4.69. The Morgan fingerprint density at radius 1 is 1.25 bits per heavy atom. The summed E-state index contributed by atoms with van der Waals surface area (Å²) in [6, 6.07) is 7.00. The first kappa shape index (κ1) is 16.8. The van der Waals surface area contributed by atoms with Crippen LogP contribution in [0.1, 0.15) is 44.7 Å². The van der Waals surface area contributed by atoms with Gasteiger partial charge in [-0.3, -0.25) is 0 Å². The SMILES string of the molecule is CCCOc1cccc(C(CCC(F)(F)F)NCC)c1. The Balaban J connectivity index is 2.74. The summed E-state index contributed by atoms with van der Waals surface area (Å²) in [4.78, 5) is 0. The van der Waals surface area contributed by atoms with Crippen LogP contribution < -0.4 is 10.1 Å². The molecule has 0 aliphatic heterocycles. The Morgan fingerprint density at radius 3 is 2.60 bits per heavy atom. The van der Waals surface area contributed by atoms with Crippen LogP contribution in [0, 0.1) is 0 Å². The number of hydrogen-bond donors (Lipinski definition) is 1. The van der Waals surface area contributed by atoms with E-state index in [4.69, 9.17) is 4.74 Å². The van der Waals surface area contributed by atoms with E-state index < -0.39 is 12.6 Å². The first-order valence-electron chi connectivity index (χ1n) is 6.99. The van der Waals surface area contributed by atoms with Crippen LogP contribution in [0.25, 0.3) is 0 Å². The molecule has 0 bridgehead atoms. The van der Waals surface area contributed by atoms with Crippen molar-refractivity contribution in [2.75, 3.05) is 13.2 Å². The molecular formula is C15H22F3NO. The zero-order chi connectivity index (χ0) is 15.0. The molecule has 1 aromatic carbocycles. The highest BCUT2D eigenvalue weighted by atomic mass is 19.4. The molecule has 0 radical (unpaired) electrons. The van der Waals surface area contributed by atoms with Gasteiger partial charge >= 0.3 is 6.18 Å². The van der Waals surface area contributed by atoms with Gasteiger partial charge in [0.15, 0.2) is 0 Å². The summed E-state index contributed by atoms with van der Waals surface area (Å²) < 4.78 is 42.6. The summed E-state index contributed by atoms with van der Waals surface area (Å²) in [6.45, 7) is 5.13. The molecule has 0 fully saturated rings. The standard InChI is InChI=1S/C15H22F3NO/c1-3-10-20-13-7-5-6-12(11-13)14(19-4-2)8-9-15(16,17)18/h5-7,11,14,19H,3-4,8-10H2,1-2H3. The number of benzene rings is 1. The Labute approximate surface area is 118 Å².